The van der Waals surface area contributed by atoms with Crippen molar-refractivity contribution in [1.29, 1.82) is 0 Å². The highest BCUT2D eigenvalue weighted by molar-refractivity contribution is 6.76. The zero-order valence-corrected chi connectivity index (χ0v) is 11.1. The summed E-state index contributed by atoms with van der Waals surface area (Å²) < 4.78 is 7.24. The normalized spacial score (nSPS) is 11.7. The summed E-state index contributed by atoms with van der Waals surface area (Å²) in [6.07, 6.45) is 3.30. The van der Waals surface area contributed by atoms with Crippen molar-refractivity contribution < 1.29 is 14.6 Å². The number of hydrogen-bond donors (Lipinski definition) is 1. The highest BCUT2D eigenvalue weighted by Gasteiger charge is 2.12. The summed E-state index contributed by atoms with van der Waals surface area (Å²) >= 11 is 0. The molecular formula is C11H19NO3Si. The van der Waals surface area contributed by atoms with Crippen molar-refractivity contribution in [3.63, 3.8) is 0 Å². The molecule has 0 saturated heterocycles. The van der Waals surface area contributed by atoms with Crippen LogP contribution in [0.3, 0.4) is 0 Å². The number of carboxylic acid groups (broad SMARTS) is 1. The van der Waals surface area contributed by atoms with Crippen LogP contribution < -0.4 is 0 Å². The highest BCUT2D eigenvalue weighted by atomic mass is 28.3. The lowest BCUT2D eigenvalue weighted by atomic mass is 10.4. The number of carboxylic acids is 1. The van der Waals surface area contributed by atoms with Crippen molar-refractivity contribution in [2.45, 2.75) is 32.4 Å². The summed E-state index contributed by atoms with van der Waals surface area (Å²) in [6, 6.07) is 2.70. The van der Waals surface area contributed by atoms with Crippen LogP contribution in [0.15, 0.2) is 18.5 Å². The summed E-state index contributed by atoms with van der Waals surface area (Å²) in [6.45, 7) is 8.08. The Morgan fingerprint density at radius 1 is 1.50 bits per heavy atom. The molecule has 1 rings (SSSR count). The minimum atomic E-state index is -1.04. The van der Waals surface area contributed by atoms with Crippen molar-refractivity contribution in [1.82, 2.24) is 4.57 Å². The molecule has 0 radical (unpaired) electrons. The zero-order valence-electron chi connectivity index (χ0n) is 10.1. The van der Waals surface area contributed by atoms with Crippen LogP contribution in [0.4, 0.5) is 0 Å². The second-order valence-corrected chi connectivity index (χ2v) is 10.7. The quantitative estimate of drug-likeness (QED) is 0.615. The molecule has 0 atom stereocenters. The second kappa shape index (κ2) is 5.31. The maximum absolute atomic E-state index is 10.6. The monoisotopic (exact) mass is 241 g/mol. The summed E-state index contributed by atoms with van der Waals surface area (Å²) in [5, 5.41) is 8.73. The number of ether oxygens (including phenoxy) is 1. The molecule has 16 heavy (non-hydrogen) atoms. The smallest absolute Gasteiger partial charge is 0.337 e. The van der Waals surface area contributed by atoms with E-state index in [9.17, 15) is 4.79 Å². The fourth-order valence-corrected chi connectivity index (χ4v) is 1.95. The molecule has 1 aromatic rings. The van der Waals surface area contributed by atoms with Gasteiger partial charge in [-0.2, -0.15) is 0 Å². The van der Waals surface area contributed by atoms with E-state index in [4.69, 9.17) is 9.84 Å². The number of hydrogen-bond acceptors (Lipinski definition) is 2. The van der Waals surface area contributed by atoms with Crippen LogP contribution in [-0.2, 0) is 11.5 Å². The molecule has 1 heterocycles. The fraction of sp³-hybridized carbons (Fsp3) is 0.545. The zero-order chi connectivity index (χ0) is 12.2. The molecule has 0 amide bonds. The third kappa shape index (κ3) is 4.63. The van der Waals surface area contributed by atoms with Gasteiger partial charge in [0.05, 0.1) is 5.56 Å². The molecule has 0 aromatic carbocycles. The Morgan fingerprint density at radius 2 is 2.19 bits per heavy atom. The lowest BCUT2D eigenvalue weighted by molar-refractivity contribution is 0.0694. The Hall–Kier alpha value is -1.07. The van der Waals surface area contributed by atoms with Crippen molar-refractivity contribution in [3.8, 4) is 0 Å². The van der Waals surface area contributed by atoms with Gasteiger partial charge in [-0.1, -0.05) is 19.6 Å². The second-order valence-electron chi connectivity index (χ2n) is 5.07. The third-order valence-electron chi connectivity index (χ3n) is 2.23. The molecule has 0 aliphatic rings. The van der Waals surface area contributed by atoms with Crippen LogP contribution in [0.5, 0.6) is 0 Å². The first-order valence-corrected chi connectivity index (χ1v) is 9.06. The summed E-state index contributed by atoms with van der Waals surface area (Å²) in [7, 11) is -1.04. The Balaban J connectivity index is 2.30. The molecule has 0 spiro atoms. The predicted octanol–water partition coefficient (Wildman–Crippen LogP) is 2.50. The standard InChI is InChI=1S/C11H19NO3Si/c1-16(2,3)7-6-15-9-12-5-4-10(8-12)11(13)14/h4-5,8H,6-7,9H2,1-3H3,(H,13,14). The Morgan fingerprint density at radius 3 is 2.69 bits per heavy atom. The number of aromatic carboxylic acids is 1. The Bertz CT molecular complexity index is 354. The maximum Gasteiger partial charge on any atom is 0.337 e. The first-order chi connectivity index (χ1) is 7.38. The van der Waals surface area contributed by atoms with Gasteiger partial charge in [0, 0.05) is 27.1 Å². The predicted molar refractivity (Wildman–Crippen MR) is 65.5 cm³/mol. The van der Waals surface area contributed by atoms with Crippen LogP contribution in [0.1, 0.15) is 10.4 Å². The minimum absolute atomic E-state index is 0.300. The molecule has 1 aromatic heterocycles. The van der Waals surface area contributed by atoms with Crippen molar-refractivity contribution in [3.05, 3.63) is 24.0 Å². The van der Waals surface area contributed by atoms with Gasteiger partial charge < -0.3 is 14.4 Å². The van der Waals surface area contributed by atoms with E-state index in [1.54, 1.807) is 23.0 Å². The van der Waals surface area contributed by atoms with Crippen LogP contribution in [0.25, 0.3) is 0 Å². The van der Waals surface area contributed by atoms with E-state index < -0.39 is 14.0 Å². The molecule has 1 N–H and O–H groups in total. The number of carbonyl (C=O) groups is 1. The van der Waals surface area contributed by atoms with Crippen molar-refractivity contribution >= 4 is 14.0 Å². The fourth-order valence-electron chi connectivity index (χ4n) is 1.20. The largest absolute Gasteiger partial charge is 0.478 e. The number of nitrogens with zero attached hydrogens (tertiary/aromatic N) is 1. The van der Waals surface area contributed by atoms with E-state index in [1.807, 2.05) is 0 Å². The SMILES string of the molecule is C[Si](C)(C)CCOCn1ccc(C(=O)O)c1. The van der Waals surface area contributed by atoms with Gasteiger partial charge in [-0.05, 0) is 12.1 Å². The molecular weight excluding hydrogens is 222 g/mol. The molecule has 90 valence electrons. The van der Waals surface area contributed by atoms with E-state index in [1.165, 1.54) is 0 Å². The first-order valence-electron chi connectivity index (χ1n) is 5.35. The highest BCUT2D eigenvalue weighted by Crippen LogP contribution is 2.08. The van der Waals surface area contributed by atoms with E-state index in [0.717, 1.165) is 12.7 Å². The summed E-state index contributed by atoms with van der Waals surface area (Å²) in [5.41, 5.74) is 0.300. The van der Waals surface area contributed by atoms with Crippen molar-refractivity contribution in [2.75, 3.05) is 6.61 Å². The third-order valence-corrected chi connectivity index (χ3v) is 3.94. The van der Waals surface area contributed by atoms with Gasteiger partial charge in [0.25, 0.3) is 0 Å². The molecule has 5 heteroatoms. The van der Waals surface area contributed by atoms with Crippen LogP contribution in [0, 0.1) is 0 Å². The molecule has 0 fully saturated rings. The van der Waals surface area contributed by atoms with Crippen LogP contribution in [-0.4, -0.2) is 30.3 Å². The summed E-state index contributed by atoms with van der Waals surface area (Å²) in [4.78, 5) is 10.6. The molecule has 0 aliphatic heterocycles. The van der Waals surface area contributed by atoms with Gasteiger partial charge in [0.15, 0.2) is 0 Å². The number of rotatable bonds is 6. The van der Waals surface area contributed by atoms with Gasteiger partial charge in [-0.3, -0.25) is 0 Å². The van der Waals surface area contributed by atoms with E-state index in [-0.39, 0.29) is 0 Å². The average Bonchev–Trinajstić information content (AvgIpc) is 2.59. The topological polar surface area (TPSA) is 51.5 Å². The average molecular weight is 241 g/mol. The lowest BCUT2D eigenvalue weighted by Crippen LogP contribution is -2.21. The van der Waals surface area contributed by atoms with E-state index >= 15 is 0 Å². The van der Waals surface area contributed by atoms with Gasteiger partial charge in [-0.25, -0.2) is 4.79 Å². The Kier molecular flexibility index (Phi) is 4.32. The first kappa shape index (κ1) is 13.0. The number of aromatic nitrogens is 1. The van der Waals surface area contributed by atoms with Gasteiger partial charge in [0.2, 0.25) is 0 Å². The molecule has 0 aliphatic carbocycles. The minimum Gasteiger partial charge on any atom is -0.478 e. The van der Waals surface area contributed by atoms with Crippen LogP contribution in [0.2, 0.25) is 25.7 Å². The lowest BCUT2D eigenvalue weighted by Gasteiger charge is -2.15. The van der Waals surface area contributed by atoms with Gasteiger partial charge in [-0.15, -0.1) is 0 Å². The van der Waals surface area contributed by atoms with Crippen LogP contribution >= 0.6 is 0 Å². The van der Waals surface area contributed by atoms with Gasteiger partial charge >= 0.3 is 5.97 Å². The molecule has 0 bridgehead atoms. The Labute approximate surface area is 96.9 Å². The van der Waals surface area contributed by atoms with E-state index in [2.05, 4.69) is 19.6 Å². The molecule has 0 unspecified atom stereocenters. The summed E-state index contributed by atoms with van der Waals surface area (Å²) in [5.74, 6) is -0.902. The molecule has 0 saturated carbocycles. The van der Waals surface area contributed by atoms with E-state index in [0.29, 0.717) is 12.3 Å². The van der Waals surface area contributed by atoms with Gasteiger partial charge in [0.1, 0.15) is 6.73 Å². The van der Waals surface area contributed by atoms with Crippen molar-refractivity contribution in [2.24, 2.45) is 0 Å². The molecule has 4 nitrogen and oxygen atoms in total. The maximum atomic E-state index is 10.6.